The first-order chi connectivity index (χ1) is 14.7. The minimum Gasteiger partial charge on any atom is -0.465 e. The Kier molecular flexibility index (Phi) is 7.94. The standard InChI is InChI=1S/C23H37N3O5/c1-23(2,3)30-19(27)15-17(12-7-11-16-9-5-4-6-10-16)21-24-20(25-31-21)18-13-8-14-26(18)22(28)29/h16-18H,4-15H2,1-3H3,(H,28,29)/t17-,18+/m1/s1. The first-order valence-electron chi connectivity index (χ1n) is 11.8. The molecule has 1 aliphatic carbocycles. The Hall–Kier alpha value is -2.12. The van der Waals surface area contributed by atoms with Crippen LogP contribution >= 0.6 is 0 Å². The van der Waals surface area contributed by atoms with Crippen molar-refractivity contribution in [3.05, 3.63) is 11.7 Å². The zero-order valence-electron chi connectivity index (χ0n) is 19.1. The highest BCUT2D eigenvalue weighted by Crippen LogP contribution is 2.34. The van der Waals surface area contributed by atoms with Crippen molar-refractivity contribution in [3.8, 4) is 0 Å². The number of carbonyl (C=O) groups is 2. The fraction of sp³-hybridized carbons (Fsp3) is 0.826. The molecule has 0 unspecified atom stereocenters. The second-order valence-electron chi connectivity index (χ2n) is 10.0. The third kappa shape index (κ3) is 6.94. The minimum atomic E-state index is -0.966. The molecule has 1 amide bonds. The van der Waals surface area contributed by atoms with Gasteiger partial charge in [-0.3, -0.25) is 9.69 Å². The van der Waals surface area contributed by atoms with Crippen molar-refractivity contribution >= 4 is 12.1 Å². The van der Waals surface area contributed by atoms with Gasteiger partial charge in [-0.05, 0) is 46.0 Å². The van der Waals surface area contributed by atoms with Crippen molar-refractivity contribution in [1.29, 1.82) is 0 Å². The maximum absolute atomic E-state index is 12.5. The molecule has 2 aliphatic rings. The van der Waals surface area contributed by atoms with Crippen molar-refractivity contribution in [2.75, 3.05) is 6.54 Å². The van der Waals surface area contributed by atoms with Crippen LogP contribution in [-0.4, -0.2) is 44.4 Å². The summed E-state index contributed by atoms with van der Waals surface area (Å²) in [6.45, 7) is 6.05. The molecule has 0 aromatic carbocycles. The third-order valence-corrected chi connectivity index (χ3v) is 6.33. The summed E-state index contributed by atoms with van der Waals surface area (Å²) in [6.07, 6.45) is 10.2. The maximum Gasteiger partial charge on any atom is 0.407 e. The van der Waals surface area contributed by atoms with Crippen LogP contribution in [0.25, 0.3) is 0 Å². The molecule has 1 saturated heterocycles. The molecule has 8 heteroatoms. The third-order valence-electron chi connectivity index (χ3n) is 6.33. The van der Waals surface area contributed by atoms with Gasteiger partial charge >= 0.3 is 12.1 Å². The van der Waals surface area contributed by atoms with Crippen molar-refractivity contribution in [1.82, 2.24) is 15.0 Å². The molecule has 1 aromatic heterocycles. The van der Waals surface area contributed by atoms with Crippen LogP contribution < -0.4 is 0 Å². The molecule has 2 fully saturated rings. The van der Waals surface area contributed by atoms with E-state index in [9.17, 15) is 14.7 Å². The summed E-state index contributed by atoms with van der Waals surface area (Å²) < 4.78 is 11.1. The fourth-order valence-electron chi connectivity index (χ4n) is 4.84. The van der Waals surface area contributed by atoms with Crippen LogP contribution in [0.3, 0.4) is 0 Å². The fourth-order valence-corrected chi connectivity index (χ4v) is 4.84. The topological polar surface area (TPSA) is 106 Å². The van der Waals surface area contributed by atoms with Gasteiger partial charge in [-0.2, -0.15) is 4.98 Å². The molecule has 2 atom stereocenters. The van der Waals surface area contributed by atoms with Gasteiger partial charge in [-0.25, -0.2) is 4.79 Å². The number of amides is 1. The van der Waals surface area contributed by atoms with Crippen molar-refractivity contribution in [3.63, 3.8) is 0 Å². The van der Waals surface area contributed by atoms with E-state index >= 15 is 0 Å². The monoisotopic (exact) mass is 435 g/mol. The summed E-state index contributed by atoms with van der Waals surface area (Å²) in [7, 11) is 0. The van der Waals surface area contributed by atoms with Gasteiger partial charge < -0.3 is 14.4 Å². The quantitative estimate of drug-likeness (QED) is 0.541. The number of esters is 1. The number of hydrogen-bond acceptors (Lipinski definition) is 6. The van der Waals surface area contributed by atoms with Gasteiger partial charge in [0.05, 0.1) is 12.5 Å². The van der Waals surface area contributed by atoms with Gasteiger partial charge in [0.15, 0.2) is 5.82 Å². The molecule has 0 spiro atoms. The Balaban J connectivity index is 1.67. The van der Waals surface area contributed by atoms with Gasteiger partial charge in [0.1, 0.15) is 5.60 Å². The second-order valence-corrected chi connectivity index (χ2v) is 10.0. The lowest BCUT2D eigenvalue weighted by molar-refractivity contribution is -0.155. The normalized spacial score (nSPS) is 21.3. The number of likely N-dealkylation sites (tertiary alicyclic amines) is 1. The first-order valence-corrected chi connectivity index (χ1v) is 11.8. The van der Waals surface area contributed by atoms with Crippen LogP contribution in [-0.2, 0) is 9.53 Å². The van der Waals surface area contributed by atoms with Crippen LogP contribution in [0.4, 0.5) is 4.79 Å². The number of hydrogen-bond donors (Lipinski definition) is 1. The Labute approximate surface area is 184 Å². The number of rotatable bonds is 8. The zero-order chi connectivity index (χ0) is 22.4. The lowest BCUT2D eigenvalue weighted by Gasteiger charge is -2.23. The van der Waals surface area contributed by atoms with E-state index in [0.717, 1.165) is 31.6 Å². The van der Waals surface area contributed by atoms with Crippen LogP contribution in [0.5, 0.6) is 0 Å². The Bertz CT molecular complexity index is 736. The predicted molar refractivity (Wildman–Crippen MR) is 115 cm³/mol. The Morgan fingerprint density at radius 3 is 2.61 bits per heavy atom. The average molecular weight is 436 g/mol. The van der Waals surface area contributed by atoms with E-state index in [1.54, 1.807) is 0 Å². The Morgan fingerprint density at radius 2 is 1.94 bits per heavy atom. The average Bonchev–Trinajstić information content (AvgIpc) is 3.36. The first kappa shape index (κ1) is 23.5. The van der Waals surface area contributed by atoms with E-state index in [1.165, 1.54) is 37.0 Å². The maximum atomic E-state index is 12.5. The number of carboxylic acid groups (broad SMARTS) is 1. The van der Waals surface area contributed by atoms with Gasteiger partial charge in [0, 0.05) is 12.5 Å². The largest absolute Gasteiger partial charge is 0.465 e. The summed E-state index contributed by atoms with van der Waals surface area (Å²) in [5.74, 6) is 1.11. The molecule has 3 rings (SSSR count). The van der Waals surface area contributed by atoms with Crippen LogP contribution in [0.15, 0.2) is 4.52 Å². The van der Waals surface area contributed by atoms with Gasteiger partial charge in [0.25, 0.3) is 0 Å². The van der Waals surface area contributed by atoms with E-state index < -0.39 is 11.7 Å². The highest BCUT2D eigenvalue weighted by atomic mass is 16.6. The van der Waals surface area contributed by atoms with E-state index in [-0.39, 0.29) is 24.3 Å². The summed E-state index contributed by atoms with van der Waals surface area (Å²) >= 11 is 0. The molecule has 0 radical (unpaired) electrons. The molecule has 1 saturated carbocycles. The van der Waals surface area contributed by atoms with Crippen LogP contribution in [0, 0.1) is 5.92 Å². The second kappa shape index (κ2) is 10.5. The van der Waals surface area contributed by atoms with E-state index in [0.29, 0.717) is 24.7 Å². The molecular weight excluding hydrogens is 398 g/mol. The SMILES string of the molecule is CC(C)(C)OC(=O)C[C@@H](CCCC1CCCCC1)c1nc([C@@H]2CCCN2C(=O)O)no1. The smallest absolute Gasteiger partial charge is 0.407 e. The molecule has 1 aliphatic heterocycles. The van der Waals surface area contributed by atoms with Crippen LogP contribution in [0.2, 0.25) is 0 Å². The lowest BCUT2D eigenvalue weighted by Crippen LogP contribution is -2.29. The molecule has 2 heterocycles. The van der Waals surface area contributed by atoms with E-state index in [2.05, 4.69) is 10.1 Å². The van der Waals surface area contributed by atoms with Crippen molar-refractivity contribution in [2.24, 2.45) is 5.92 Å². The zero-order valence-corrected chi connectivity index (χ0v) is 19.1. The molecule has 31 heavy (non-hydrogen) atoms. The number of aromatic nitrogens is 2. The number of carbonyl (C=O) groups excluding carboxylic acids is 1. The van der Waals surface area contributed by atoms with E-state index in [4.69, 9.17) is 9.26 Å². The molecule has 8 nitrogen and oxygen atoms in total. The number of nitrogens with zero attached hydrogens (tertiary/aromatic N) is 3. The van der Waals surface area contributed by atoms with Gasteiger partial charge in [-0.1, -0.05) is 50.1 Å². The van der Waals surface area contributed by atoms with Crippen molar-refractivity contribution in [2.45, 2.75) is 109 Å². The molecule has 174 valence electrons. The van der Waals surface area contributed by atoms with Crippen LogP contribution in [0.1, 0.15) is 115 Å². The van der Waals surface area contributed by atoms with E-state index in [1.807, 2.05) is 20.8 Å². The molecule has 1 N–H and O–H groups in total. The van der Waals surface area contributed by atoms with Gasteiger partial charge in [0.2, 0.25) is 5.89 Å². The highest BCUT2D eigenvalue weighted by Gasteiger charge is 2.34. The predicted octanol–water partition coefficient (Wildman–Crippen LogP) is 5.45. The van der Waals surface area contributed by atoms with Gasteiger partial charge in [-0.15, -0.1) is 0 Å². The molecular formula is C23H37N3O5. The van der Waals surface area contributed by atoms with Crippen molar-refractivity contribution < 1.29 is 24.0 Å². The Morgan fingerprint density at radius 1 is 1.19 bits per heavy atom. The number of ether oxygens (including phenoxy) is 1. The highest BCUT2D eigenvalue weighted by molar-refractivity contribution is 5.70. The summed E-state index contributed by atoms with van der Waals surface area (Å²) in [5, 5.41) is 13.5. The summed E-state index contributed by atoms with van der Waals surface area (Å²) in [4.78, 5) is 29.9. The molecule has 0 bridgehead atoms. The lowest BCUT2D eigenvalue weighted by atomic mass is 9.84. The minimum absolute atomic E-state index is 0.191. The molecule has 1 aromatic rings. The summed E-state index contributed by atoms with van der Waals surface area (Å²) in [6, 6.07) is -0.376. The summed E-state index contributed by atoms with van der Waals surface area (Å²) in [5.41, 5.74) is -0.546.